The quantitative estimate of drug-likeness (QED) is 0.137. The molecule has 12 heteroatoms. The third-order valence-corrected chi connectivity index (χ3v) is 8.80. The van der Waals surface area contributed by atoms with Crippen molar-refractivity contribution in [2.75, 3.05) is 46.3 Å². The second kappa shape index (κ2) is 18.0. The molecule has 3 rings (SSSR count). The molecular formula is C35H52N4O8. The second-order valence-electron chi connectivity index (χ2n) is 12.5. The van der Waals surface area contributed by atoms with Gasteiger partial charge >= 0.3 is 6.09 Å². The number of primary amides is 1. The lowest BCUT2D eigenvalue weighted by molar-refractivity contribution is -0.112. The number of likely N-dealkylation sites (tertiary alicyclic amines) is 1. The number of nitrogens with one attached hydrogen (secondary N) is 1. The number of hydrogen-bond acceptors (Lipinski definition) is 10. The molecule has 0 aromatic heterocycles. The summed E-state index contributed by atoms with van der Waals surface area (Å²) in [5.41, 5.74) is 7.19. The lowest BCUT2D eigenvalue weighted by Crippen LogP contribution is -2.38. The van der Waals surface area contributed by atoms with E-state index in [0.29, 0.717) is 36.1 Å². The van der Waals surface area contributed by atoms with E-state index in [9.17, 15) is 19.8 Å². The Morgan fingerprint density at radius 3 is 2.45 bits per heavy atom. The van der Waals surface area contributed by atoms with Gasteiger partial charge in [-0.25, -0.2) is 4.79 Å². The highest BCUT2D eigenvalue weighted by molar-refractivity contribution is 6.04. The van der Waals surface area contributed by atoms with Gasteiger partial charge in [0.1, 0.15) is 23.3 Å². The average molecular weight is 657 g/mol. The zero-order chi connectivity index (χ0) is 34.7. The molecule has 1 aromatic carbocycles. The van der Waals surface area contributed by atoms with Gasteiger partial charge in [0.05, 0.1) is 17.9 Å². The van der Waals surface area contributed by atoms with Crippen LogP contribution in [0.15, 0.2) is 46.5 Å². The van der Waals surface area contributed by atoms with Crippen molar-refractivity contribution in [2.45, 2.75) is 77.8 Å². The minimum Gasteiger partial charge on any atom is -0.506 e. The Labute approximate surface area is 278 Å². The molecule has 0 unspecified atom stereocenters. The molecule has 0 aliphatic carbocycles. The summed E-state index contributed by atoms with van der Waals surface area (Å²) in [6.45, 7) is 10.1. The van der Waals surface area contributed by atoms with Crippen molar-refractivity contribution in [3.8, 4) is 11.5 Å². The maximum atomic E-state index is 13.2. The van der Waals surface area contributed by atoms with E-state index in [4.69, 9.17) is 24.7 Å². The van der Waals surface area contributed by atoms with Gasteiger partial charge in [-0.1, -0.05) is 38.2 Å². The number of amides is 2. The normalized spacial score (nSPS) is 29.9. The molecule has 5 N–H and O–H groups in total. The highest BCUT2D eigenvalue weighted by atomic mass is 16.6. The van der Waals surface area contributed by atoms with E-state index in [2.05, 4.69) is 15.2 Å². The highest BCUT2D eigenvalue weighted by Crippen LogP contribution is 2.44. The number of methoxy groups -OCH3 is 3. The zero-order valence-corrected chi connectivity index (χ0v) is 28.7. The monoisotopic (exact) mass is 656 g/mol. The predicted octanol–water partition coefficient (Wildman–Crippen LogP) is 5.01. The first kappa shape index (κ1) is 37.7. The Morgan fingerprint density at radius 2 is 1.83 bits per heavy atom. The number of ether oxygens (including phenoxy) is 4. The molecule has 0 saturated carbocycles. The van der Waals surface area contributed by atoms with Crippen LogP contribution in [0.4, 0.5) is 16.2 Å². The third-order valence-electron chi connectivity index (χ3n) is 8.80. The fourth-order valence-corrected chi connectivity index (χ4v) is 6.30. The summed E-state index contributed by atoms with van der Waals surface area (Å²) in [5.74, 6) is -1.06. The van der Waals surface area contributed by atoms with Crippen LogP contribution < -0.4 is 11.1 Å². The number of hydrogen-bond donors (Lipinski definition) is 4. The van der Waals surface area contributed by atoms with E-state index in [0.717, 1.165) is 25.9 Å². The summed E-state index contributed by atoms with van der Waals surface area (Å²) in [7, 11) is 4.72. The minimum atomic E-state index is -0.952. The molecular weight excluding hydrogens is 604 g/mol. The van der Waals surface area contributed by atoms with Gasteiger partial charge in [-0.2, -0.15) is 0 Å². The lowest BCUT2D eigenvalue weighted by atomic mass is 9.87. The molecule has 1 fully saturated rings. The van der Waals surface area contributed by atoms with E-state index in [1.165, 1.54) is 13.2 Å². The van der Waals surface area contributed by atoms with E-state index < -0.39 is 24.2 Å². The van der Waals surface area contributed by atoms with E-state index in [-0.39, 0.29) is 46.9 Å². The van der Waals surface area contributed by atoms with Gasteiger partial charge in [-0.05, 0) is 64.1 Å². The molecule has 2 aliphatic rings. The minimum absolute atomic E-state index is 0.0686. The van der Waals surface area contributed by atoms with Crippen LogP contribution in [-0.4, -0.2) is 98.7 Å². The largest absolute Gasteiger partial charge is 0.506 e. The van der Waals surface area contributed by atoms with Crippen LogP contribution in [0.25, 0.3) is 0 Å². The molecule has 2 heterocycles. The molecule has 0 spiro atoms. The van der Waals surface area contributed by atoms with Crippen molar-refractivity contribution in [3.05, 3.63) is 47.1 Å². The molecule has 1 saturated heterocycles. The first-order valence-electron chi connectivity index (χ1n) is 16.1. The number of phenols is 2. The van der Waals surface area contributed by atoms with Gasteiger partial charge in [-0.15, -0.1) is 0 Å². The second-order valence-corrected chi connectivity index (χ2v) is 12.5. The van der Waals surface area contributed by atoms with Gasteiger partial charge in [-0.3, -0.25) is 14.7 Å². The first-order chi connectivity index (χ1) is 22.4. The maximum Gasteiger partial charge on any atom is 0.405 e. The molecule has 0 radical (unpaired) electrons. The van der Waals surface area contributed by atoms with Gasteiger partial charge in [0, 0.05) is 57.2 Å². The number of nitrogens with zero attached hydrogens (tertiary/aromatic N) is 2. The summed E-state index contributed by atoms with van der Waals surface area (Å²) in [6, 6.07) is 1.32. The number of benzene rings is 1. The lowest BCUT2D eigenvalue weighted by Gasteiger charge is -2.32. The van der Waals surface area contributed by atoms with Gasteiger partial charge in [0.2, 0.25) is 0 Å². The maximum absolute atomic E-state index is 13.2. The van der Waals surface area contributed by atoms with Crippen molar-refractivity contribution in [2.24, 2.45) is 22.6 Å². The number of aliphatic imine (C=N–C) groups is 1. The van der Waals surface area contributed by atoms with Gasteiger partial charge in [0.25, 0.3) is 5.91 Å². The molecule has 2 aliphatic heterocycles. The Morgan fingerprint density at radius 1 is 1.13 bits per heavy atom. The number of fused-ring (bicyclic) bond motifs is 2. The Kier molecular flexibility index (Phi) is 14.5. The number of carbonyl (C=O) groups excluding carboxylic acids is 2. The summed E-state index contributed by atoms with van der Waals surface area (Å²) < 4.78 is 23.0. The van der Waals surface area contributed by atoms with Crippen LogP contribution in [0.1, 0.15) is 52.5 Å². The third kappa shape index (κ3) is 10.4. The van der Waals surface area contributed by atoms with Crippen LogP contribution in [0.3, 0.4) is 0 Å². The van der Waals surface area contributed by atoms with Crippen LogP contribution in [0.2, 0.25) is 0 Å². The molecule has 12 nitrogen and oxygen atoms in total. The smallest absolute Gasteiger partial charge is 0.405 e. The number of allylic oxidation sites excluding steroid dienone is 2. The topological polar surface area (TPSA) is 165 Å². The van der Waals surface area contributed by atoms with Gasteiger partial charge in [0.15, 0.2) is 6.10 Å². The molecule has 260 valence electrons. The fourth-order valence-electron chi connectivity index (χ4n) is 6.30. The van der Waals surface area contributed by atoms with E-state index >= 15 is 0 Å². The van der Waals surface area contributed by atoms with Crippen molar-refractivity contribution >= 4 is 29.6 Å². The van der Waals surface area contributed by atoms with Gasteiger partial charge < -0.3 is 40.2 Å². The molecule has 6 atom stereocenters. The summed E-state index contributed by atoms with van der Waals surface area (Å²) in [6.07, 6.45) is 8.44. The molecule has 2 amide bonds. The van der Waals surface area contributed by atoms with E-state index in [1.807, 2.05) is 26.8 Å². The Balaban J connectivity index is 2.11. The molecule has 47 heavy (non-hydrogen) atoms. The Hall–Kier alpha value is -3.71. The van der Waals surface area contributed by atoms with Crippen LogP contribution in [0, 0.1) is 11.8 Å². The van der Waals surface area contributed by atoms with Crippen LogP contribution >= 0.6 is 0 Å². The molecule has 1 aromatic rings. The number of carbonyl (C=O) groups is 2. The summed E-state index contributed by atoms with van der Waals surface area (Å²) in [5, 5.41) is 25.4. The summed E-state index contributed by atoms with van der Waals surface area (Å²) >= 11 is 0. The SMILES string of the molecule is CO[C@H]1[C@@H](OC)C[C@H](C)Cc2c(O)c(cc(O)c2N=CCN2CCCC2)NC(=O)/C(C)=C/C=C\[C@H](OC)[C@@H](OC(N)=O)/C(C)=C/[C@@H]1C. The number of phenolic OH excluding ortho intramolecular Hbond substituents is 2. The standard InChI is InChI=1S/C35H52N4O8/c1-21-17-25-30(37-13-16-39-14-8-9-15-39)27(40)20-26(31(25)41)38-34(42)22(2)11-10-12-28(44-5)33(47-35(36)43)24(4)19-23(3)32(46-7)29(18-21)45-6/h10-13,19-21,23,28-29,32-33,40-41H,8-9,14-18H2,1-7H3,(H2,36,43)(H,38,42)/b12-10-,22-11+,24-19+,37-13?/t21-,23+,28+,29+,32-,33+/m1/s1. The number of nitrogens with two attached hydrogens (primary N) is 1. The first-order valence-corrected chi connectivity index (χ1v) is 16.1. The number of anilines is 1. The zero-order valence-electron chi connectivity index (χ0n) is 28.7. The fraction of sp³-hybridized carbons (Fsp3) is 0.571. The van der Waals surface area contributed by atoms with Crippen LogP contribution in [-0.2, 0) is 30.2 Å². The average Bonchev–Trinajstić information content (AvgIpc) is 3.54. The van der Waals surface area contributed by atoms with Crippen LogP contribution in [0.5, 0.6) is 11.5 Å². The number of rotatable bonds is 7. The predicted molar refractivity (Wildman–Crippen MR) is 182 cm³/mol. The number of aromatic hydroxyl groups is 2. The van der Waals surface area contributed by atoms with Crippen molar-refractivity contribution < 1.29 is 38.7 Å². The van der Waals surface area contributed by atoms with Crippen molar-refractivity contribution in [3.63, 3.8) is 0 Å². The van der Waals surface area contributed by atoms with Crippen molar-refractivity contribution in [1.29, 1.82) is 0 Å². The van der Waals surface area contributed by atoms with E-state index in [1.54, 1.807) is 45.6 Å². The molecule has 2 bridgehead atoms. The Bertz CT molecular complexity index is 1350. The summed E-state index contributed by atoms with van der Waals surface area (Å²) in [4.78, 5) is 32.0. The highest BCUT2D eigenvalue weighted by Gasteiger charge is 2.31. The van der Waals surface area contributed by atoms with Crippen molar-refractivity contribution in [1.82, 2.24) is 4.90 Å².